The third-order valence-electron chi connectivity index (χ3n) is 5.06. The Morgan fingerprint density at radius 2 is 1.85 bits per heavy atom. The number of aromatic nitrogens is 4. The summed E-state index contributed by atoms with van der Waals surface area (Å²) in [6, 6.07) is -0.181. The highest BCUT2D eigenvalue weighted by Crippen LogP contribution is 2.20. The molecular weight excluding hydrogens is 344 g/mol. The van der Waals surface area contributed by atoms with E-state index in [2.05, 4.69) is 30.1 Å². The molecule has 3 heterocycles. The summed E-state index contributed by atoms with van der Waals surface area (Å²) >= 11 is 0. The van der Waals surface area contributed by atoms with Crippen LogP contribution in [0.5, 0.6) is 0 Å². The Hall–Kier alpha value is -2.51. The monoisotopic (exact) mass is 372 g/mol. The molecule has 0 bridgehead atoms. The van der Waals surface area contributed by atoms with Crippen LogP contribution in [0.15, 0.2) is 10.8 Å². The van der Waals surface area contributed by atoms with Gasteiger partial charge in [0.2, 0.25) is 11.9 Å². The maximum atomic E-state index is 12.3. The Morgan fingerprint density at radius 3 is 2.48 bits per heavy atom. The van der Waals surface area contributed by atoms with Crippen LogP contribution in [0.2, 0.25) is 0 Å². The molecule has 1 atom stereocenters. The van der Waals surface area contributed by atoms with Crippen LogP contribution in [0, 0.1) is 13.8 Å². The molecule has 0 radical (unpaired) electrons. The topological polar surface area (TPSA) is 97.0 Å². The zero-order valence-corrected chi connectivity index (χ0v) is 16.4. The van der Waals surface area contributed by atoms with Crippen molar-refractivity contribution in [2.75, 3.05) is 18.0 Å². The first kappa shape index (κ1) is 19.3. The van der Waals surface area contributed by atoms with Gasteiger partial charge in [-0.05, 0) is 33.6 Å². The predicted molar refractivity (Wildman–Crippen MR) is 101 cm³/mol. The van der Waals surface area contributed by atoms with Crippen molar-refractivity contribution in [3.8, 4) is 0 Å². The number of rotatable bonds is 5. The molecule has 0 unspecified atom stereocenters. The van der Waals surface area contributed by atoms with Gasteiger partial charge in [-0.25, -0.2) is 14.6 Å². The fourth-order valence-corrected chi connectivity index (χ4v) is 3.42. The third-order valence-corrected chi connectivity index (χ3v) is 5.06. The molecule has 2 aromatic rings. The molecule has 146 valence electrons. The van der Waals surface area contributed by atoms with Crippen LogP contribution < -0.4 is 10.2 Å². The summed E-state index contributed by atoms with van der Waals surface area (Å²) in [7, 11) is 0. The molecule has 0 spiro atoms. The molecule has 1 aliphatic rings. The van der Waals surface area contributed by atoms with Gasteiger partial charge in [0.15, 0.2) is 0 Å². The van der Waals surface area contributed by atoms with Gasteiger partial charge in [-0.3, -0.25) is 4.79 Å². The Morgan fingerprint density at radius 1 is 1.15 bits per heavy atom. The van der Waals surface area contributed by atoms with Gasteiger partial charge in [0.25, 0.3) is 0 Å². The molecule has 1 saturated heterocycles. The average molecular weight is 372 g/mol. The second-order valence-electron chi connectivity index (χ2n) is 7.23. The van der Waals surface area contributed by atoms with Crippen LogP contribution in [-0.2, 0) is 11.2 Å². The highest BCUT2D eigenvalue weighted by Gasteiger charge is 2.18. The number of nitrogens with zero attached hydrogens (tertiary/aromatic N) is 5. The lowest BCUT2D eigenvalue weighted by atomic mass is 10.1. The Labute approximate surface area is 159 Å². The number of hydrogen-bond acceptors (Lipinski definition) is 7. The van der Waals surface area contributed by atoms with Gasteiger partial charge in [0.05, 0.1) is 12.5 Å². The van der Waals surface area contributed by atoms with Crippen LogP contribution in [0.1, 0.15) is 67.7 Å². The summed E-state index contributed by atoms with van der Waals surface area (Å²) < 4.78 is 4.64. The number of hydrogen-bond donors (Lipinski definition) is 1. The zero-order chi connectivity index (χ0) is 19.2. The van der Waals surface area contributed by atoms with Crippen LogP contribution in [0.3, 0.4) is 0 Å². The normalized spacial score (nSPS) is 16.5. The highest BCUT2D eigenvalue weighted by atomic mass is 16.6. The Balaban J connectivity index is 1.63. The third kappa shape index (κ3) is 5.02. The van der Waals surface area contributed by atoms with E-state index in [4.69, 9.17) is 4.98 Å². The molecule has 1 fully saturated rings. The lowest BCUT2D eigenvalue weighted by molar-refractivity contribution is -0.121. The molecule has 1 amide bonds. The van der Waals surface area contributed by atoms with E-state index in [1.165, 1.54) is 32.1 Å². The second kappa shape index (κ2) is 8.92. The van der Waals surface area contributed by atoms with E-state index in [1.54, 1.807) is 6.92 Å². The van der Waals surface area contributed by atoms with E-state index >= 15 is 0 Å². The molecule has 0 aliphatic carbocycles. The Kier molecular flexibility index (Phi) is 6.36. The number of amides is 1. The zero-order valence-electron chi connectivity index (χ0n) is 16.4. The SMILES string of the molecule is Cc1nc(N2CCCCCCC2)ncc1[C@H](C)NC(=O)Cc1nonc1C. The smallest absolute Gasteiger partial charge is 0.226 e. The summed E-state index contributed by atoms with van der Waals surface area (Å²) in [6.07, 6.45) is 8.23. The minimum Gasteiger partial charge on any atom is -0.349 e. The summed E-state index contributed by atoms with van der Waals surface area (Å²) in [5.74, 6) is 0.662. The van der Waals surface area contributed by atoms with E-state index in [0.717, 1.165) is 30.3 Å². The van der Waals surface area contributed by atoms with Crippen molar-refractivity contribution in [2.24, 2.45) is 0 Å². The molecular formula is C19H28N6O2. The van der Waals surface area contributed by atoms with Crippen molar-refractivity contribution in [3.05, 3.63) is 28.8 Å². The predicted octanol–water partition coefficient (Wildman–Crippen LogP) is 2.67. The molecule has 1 aliphatic heterocycles. The van der Waals surface area contributed by atoms with Gasteiger partial charge in [0, 0.05) is 30.5 Å². The van der Waals surface area contributed by atoms with Gasteiger partial charge < -0.3 is 10.2 Å². The number of aryl methyl sites for hydroxylation is 2. The van der Waals surface area contributed by atoms with Gasteiger partial charge in [-0.15, -0.1) is 0 Å². The average Bonchev–Trinajstić information content (AvgIpc) is 2.99. The number of nitrogens with one attached hydrogen (secondary N) is 1. The quantitative estimate of drug-likeness (QED) is 0.861. The highest BCUT2D eigenvalue weighted by molar-refractivity contribution is 5.78. The van der Waals surface area contributed by atoms with E-state index in [0.29, 0.717) is 11.4 Å². The van der Waals surface area contributed by atoms with Gasteiger partial charge >= 0.3 is 0 Å². The van der Waals surface area contributed by atoms with E-state index in [1.807, 2.05) is 20.0 Å². The van der Waals surface area contributed by atoms with Gasteiger partial charge in [-0.1, -0.05) is 29.6 Å². The first-order valence-corrected chi connectivity index (χ1v) is 9.70. The minimum atomic E-state index is -0.181. The lowest BCUT2D eigenvalue weighted by Crippen LogP contribution is -2.31. The number of carbonyl (C=O) groups excluding carboxylic acids is 1. The molecule has 3 rings (SSSR count). The summed E-state index contributed by atoms with van der Waals surface area (Å²) in [5.41, 5.74) is 3.01. The largest absolute Gasteiger partial charge is 0.349 e. The number of carbonyl (C=O) groups is 1. The first-order chi connectivity index (χ1) is 13.0. The van der Waals surface area contributed by atoms with Crippen molar-refractivity contribution in [3.63, 3.8) is 0 Å². The lowest BCUT2D eigenvalue weighted by Gasteiger charge is -2.25. The van der Waals surface area contributed by atoms with Crippen molar-refractivity contribution in [1.29, 1.82) is 0 Å². The van der Waals surface area contributed by atoms with Crippen LogP contribution in [-0.4, -0.2) is 39.3 Å². The summed E-state index contributed by atoms with van der Waals surface area (Å²) in [6.45, 7) is 7.70. The van der Waals surface area contributed by atoms with Crippen molar-refractivity contribution < 1.29 is 9.42 Å². The molecule has 8 heteroatoms. The first-order valence-electron chi connectivity index (χ1n) is 9.70. The minimum absolute atomic E-state index is 0.131. The molecule has 0 saturated carbocycles. The van der Waals surface area contributed by atoms with Crippen LogP contribution in [0.25, 0.3) is 0 Å². The van der Waals surface area contributed by atoms with Crippen LogP contribution >= 0.6 is 0 Å². The number of anilines is 1. The molecule has 27 heavy (non-hydrogen) atoms. The molecule has 2 aromatic heterocycles. The van der Waals surface area contributed by atoms with Crippen molar-refractivity contribution in [1.82, 2.24) is 25.6 Å². The van der Waals surface area contributed by atoms with Crippen LogP contribution in [0.4, 0.5) is 5.95 Å². The Bertz CT molecular complexity index is 767. The fourth-order valence-electron chi connectivity index (χ4n) is 3.42. The maximum Gasteiger partial charge on any atom is 0.226 e. The maximum absolute atomic E-state index is 12.3. The summed E-state index contributed by atoms with van der Waals surface area (Å²) in [4.78, 5) is 23.8. The van der Waals surface area contributed by atoms with Crippen molar-refractivity contribution >= 4 is 11.9 Å². The summed E-state index contributed by atoms with van der Waals surface area (Å²) in [5, 5.41) is 10.4. The second-order valence-corrected chi connectivity index (χ2v) is 7.23. The standard InChI is InChI=1S/C19H28N6O2/c1-13(21-18(26)11-17-15(3)23-27-24-17)16-12-20-19(22-14(16)2)25-9-7-5-4-6-8-10-25/h12-13H,4-11H2,1-3H3,(H,21,26)/t13-/m0/s1. The molecule has 0 aromatic carbocycles. The van der Waals surface area contributed by atoms with E-state index < -0.39 is 0 Å². The molecule has 1 N–H and O–H groups in total. The van der Waals surface area contributed by atoms with E-state index in [9.17, 15) is 4.79 Å². The van der Waals surface area contributed by atoms with Gasteiger partial charge in [-0.2, -0.15) is 0 Å². The van der Waals surface area contributed by atoms with E-state index in [-0.39, 0.29) is 18.4 Å². The van der Waals surface area contributed by atoms with Crippen molar-refractivity contribution in [2.45, 2.75) is 65.3 Å². The van der Waals surface area contributed by atoms with Gasteiger partial charge in [0.1, 0.15) is 11.4 Å². The fraction of sp³-hybridized carbons (Fsp3) is 0.632. The molecule has 8 nitrogen and oxygen atoms in total.